The van der Waals surface area contributed by atoms with Gasteiger partial charge in [0.2, 0.25) is 0 Å². The van der Waals surface area contributed by atoms with Crippen LogP contribution >= 0.6 is 12.4 Å². The molecule has 0 unspecified atom stereocenters. The number of nitrogens with zero attached hydrogens (tertiary/aromatic N) is 2. The minimum atomic E-state index is -4.36. The number of alkyl halides is 3. The van der Waals surface area contributed by atoms with Crippen molar-refractivity contribution in [2.45, 2.75) is 33.2 Å². The summed E-state index contributed by atoms with van der Waals surface area (Å²) in [6, 6.07) is 11.2. The molecule has 0 aliphatic heterocycles. The Kier molecular flexibility index (Phi) is 6.79. The number of rotatable bonds is 5. The highest BCUT2D eigenvalue weighted by atomic mass is 35.5. The van der Waals surface area contributed by atoms with E-state index in [1.807, 2.05) is 18.4 Å². The van der Waals surface area contributed by atoms with Gasteiger partial charge in [-0.3, -0.25) is 4.98 Å². The van der Waals surface area contributed by atoms with E-state index in [1.165, 1.54) is 24.3 Å². The fraction of sp³-hybridized carbons (Fsp3) is 0.208. The van der Waals surface area contributed by atoms with E-state index in [1.54, 1.807) is 24.5 Å². The van der Waals surface area contributed by atoms with Gasteiger partial charge in [0, 0.05) is 23.8 Å². The first-order valence-electron chi connectivity index (χ1n) is 9.71. The van der Waals surface area contributed by atoms with Crippen molar-refractivity contribution in [3.05, 3.63) is 94.7 Å². The highest BCUT2D eigenvalue weighted by Crippen LogP contribution is 2.33. The molecule has 32 heavy (non-hydrogen) atoms. The second kappa shape index (κ2) is 9.20. The van der Waals surface area contributed by atoms with E-state index in [0.29, 0.717) is 12.3 Å². The molecule has 4 aromatic rings. The number of aryl methyl sites for hydroxylation is 1. The first kappa shape index (κ1) is 23.6. The monoisotopic (exact) mass is 464 g/mol. The first-order valence-corrected chi connectivity index (χ1v) is 9.71. The standard InChI is InChI=1S/C24H20F4N2O.ClH/c1-15-16(2)30(13-17-3-7-19(8-4-17)24(26,27)28)23-21(15)11-29-12-22(23)31-14-18-5-9-20(25)10-6-18;/h3-12H,13-14H2,1-2H3;1H. The van der Waals surface area contributed by atoms with E-state index in [0.717, 1.165) is 45.4 Å². The SMILES string of the molecule is Cc1c(C)n(Cc2ccc(C(F)(F)F)cc2)c2c(OCc3ccc(F)cc3)cncc12.Cl. The maximum Gasteiger partial charge on any atom is 0.416 e. The average Bonchev–Trinajstić information content (AvgIpc) is 2.98. The number of benzene rings is 2. The fourth-order valence-electron chi connectivity index (χ4n) is 3.58. The highest BCUT2D eigenvalue weighted by Gasteiger charge is 2.30. The smallest absolute Gasteiger partial charge is 0.416 e. The van der Waals surface area contributed by atoms with Crippen molar-refractivity contribution >= 4 is 23.3 Å². The fourth-order valence-corrected chi connectivity index (χ4v) is 3.58. The van der Waals surface area contributed by atoms with Gasteiger partial charge in [0.1, 0.15) is 12.4 Å². The third-order valence-electron chi connectivity index (χ3n) is 5.43. The van der Waals surface area contributed by atoms with Gasteiger partial charge < -0.3 is 9.30 Å². The summed E-state index contributed by atoms with van der Waals surface area (Å²) in [4.78, 5) is 4.28. The summed E-state index contributed by atoms with van der Waals surface area (Å²) in [5.41, 5.74) is 3.72. The van der Waals surface area contributed by atoms with E-state index >= 15 is 0 Å². The van der Waals surface area contributed by atoms with E-state index in [9.17, 15) is 17.6 Å². The maximum atomic E-state index is 13.1. The van der Waals surface area contributed by atoms with Gasteiger partial charge in [0.05, 0.1) is 17.3 Å². The third-order valence-corrected chi connectivity index (χ3v) is 5.43. The molecule has 0 N–H and O–H groups in total. The summed E-state index contributed by atoms with van der Waals surface area (Å²) >= 11 is 0. The molecule has 0 fully saturated rings. The molecule has 0 aliphatic carbocycles. The lowest BCUT2D eigenvalue weighted by atomic mass is 10.1. The molecule has 2 aromatic carbocycles. The number of fused-ring (bicyclic) bond motifs is 1. The molecule has 0 saturated heterocycles. The number of hydrogen-bond donors (Lipinski definition) is 0. The molecule has 4 rings (SSSR count). The number of pyridine rings is 1. The zero-order valence-electron chi connectivity index (χ0n) is 17.4. The Bertz CT molecular complexity index is 1220. The maximum absolute atomic E-state index is 13.1. The normalized spacial score (nSPS) is 11.4. The Labute approximate surface area is 189 Å². The van der Waals surface area contributed by atoms with Crippen molar-refractivity contribution in [2.75, 3.05) is 0 Å². The molecule has 0 radical (unpaired) electrons. The Balaban J connectivity index is 0.00000289. The molecule has 0 aliphatic rings. The molecule has 0 saturated carbocycles. The number of ether oxygens (including phenoxy) is 1. The van der Waals surface area contributed by atoms with E-state index in [2.05, 4.69) is 4.98 Å². The van der Waals surface area contributed by atoms with Crippen LogP contribution in [0.25, 0.3) is 10.9 Å². The third kappa shape index (κ3) is 4.72. The van der Waals surface area contributed by atoms with Crippen molar-refractivity contribution in [3.63, 3.8) is 0 Å². The predicted molar refractivity (Wildman–Crippen MR) is 118 cm³/mol. The molecule has 2 aromatic heterocycles. The molecule has 0 spiro atoms. The van der Waals surface area contributed by atoms with Crippen LogP contribution < -0.4 is 4.74 Å². The molecule has 0 amide bonds. The highest BCUT2D eigenvalue weighted by molar-refractivity contribution is 5.89. The van der Waals surface area contributed by atoms with Gasteiger partial charge in [-0.25, -0.2) is 4.39 Å². The topological polar surface area (TPSA) is 27.1 Å². The van der Waals surface area contributed by atoms with E-state index < -0.39 is 11.7 Å². The zero-order chi connectivity index (χ0) is 22.2. The van der Waals surface area contributed by atoms with Crippen molar-refractivity contribution in [2.24, 2.45) is 0 Å². The van der Waals surface area contributed by atoms with Crippen molar-refractivity contribution in [1.29, 1.82) is 0 Å². The molecule has 0 atom stereocenters. The van der Waals surface area contributed by atoms with Crippen LogP contribution in [0, 0.1) is 19.7 Å². The van der Waals surface area contributed by atoms with Gasteiger partial charge in [0.15, 0.2) is 5.75 Å². The van der Waals surface area contributed by atoms with Crippen LogP contribution in [0.3, 0.4) is 0 Å². The Morgan fingerprint density at radius 2 is 1.53 bits per heavy atom. The predicted octanol–water partition coefficient (Wildman–Crippen LogP) is 6.86. The van der Waals surface area contributed by atoms with Gasteiger partial charge in [0.25, 0.3) is 0 Å². The largest absolute Gasteiger partial charge is 0.485 e. The summed E-state index contributed by atoms with van der Waals surface area (Å²) in [5.74, 6) is 0.245. The van der Waals surface area contributed by atoms with Crippen LogP contribution in [0.5, 0.6) is 5.75 Å². The summed E-state index contributed by atoms with van der Waals surface area (Å²) in [6.45, 7) is 4.57. The Hall–Kier alpha value is -3.06. The second-order valence-electron chi connectivity index (χ2n) is 7.44. The van der Waals surface area contributed by atoms with Crippen LogP contribution in [0.15, 0.2) is 60.9 Å². The van der Waals surface area contributed by atoms with Gasteiger partial charge >= 0.3 is 6.18 Å². The van der Waals surface area contributed by atoms with Crippen molar-refractivity contribution in [1.82, 2.24) is 9.55 Å². The van der Waals surface area contributed by atoms with Crippen molar-refractivity contribution < 1.29 is 22.3 Å². The Morgan fingerprint density at radius 1 is 0.906 bits per heavy atom. The van der Waals surface area contributed by atoms with Gasteiger partial charge in [-0.2, -0.15) is 13.2 Å². The number of aromatic nitrogens is 2. The number of hydrogen-bond acceptors (Lipinski definition) is 2. The molecular weight excluding hydrogens is 444 g/mol. The number of halogens is 5. The lowest BCUT2D eigenvalue weighted by Crippen LogP contribution is -2.07. The van der Waals surface area contributed by atoms with Crippen LogP contribution in [0.4, 0.5) is 17.6 Å². The summed E-state index contributed by atoms with van der Waals surface area (Å²) in [5, 5.41) is 0.918. The van der Waals surface area contributed by atoms with Crippen molar-refractivity contribution in [3.8, 4) is 5.75 Å². The lowest BCUT2D eigenvalue weighted by molar-refractivity contribution is -0.137. The Morgan fingerprint density at radius 3 is 2.16 bits per heavy atom. The minimum Gasteiger partial charge on any atom is -0.485 e. The molecule has 168 valence electrons. The molecular formula is C24H21ClF4N2O. The second-order valence-corrected chi connectivity index (χ2v) is 7.44. The summed E-state index contributed by atoms with van der Waals surface area (Å²) in [6.07, 6.45) is -0.988. The van der Waals surface area contributed by atoms with Crippen LogP contribution in [0.1, 0.15) is 27.9 Å². The van der Waals surface area contributed by atoms with Gasteiger partial charge in [-0.15, -0.1) is 12.4 Å². The first-order chi connectivity index (χ1) is 14.7. The van der Waals surface area contributed by atoms with Crippen LogP contribution in [0.2, 0.25) is 0 Å². The quantitative estimate of drug-likeness (QED) is 0.302. The van der Waals surface area contributed by atoms with Gasteiger partial charge in [-0.05, 0) is 54.8 Å². The van der Waals surface area contributed by atoms with Crippen LogP contribution in [-0.4, -0.2) is 9.55 Å². The summed E-state index contributed by atoms with van der Waals surface area (Å²) < 4.78 is 59.8. The molecule has 2 heterocycles. The molecule has 8 heteroatoms. The zero-order valence-corrected chi connectivity index (χ0v) is 18.2. The molecule has 0 bridgehead atoms. The van der Waals surface area contributed by atoms with Gasteiger partial charge in [-0.1, -0.05) is 24.3 Å². The minimum absolute atomic E-state index is 0. The lowest BCUT2D eigenvalue weighted by Gasteiger charge is -2.13. The van der Waals surface area contributed by atoms with E-state index in [4.69, 9.17) is 4.74 Å². The molecule has 3 nitrogen and oxygen atoms in total. The summed E-state index contributed by atoms with van der Waals surface area (Å²) in [7, 11) is 0. The average molecular weight is 465 g/mol. The van der Waals surface area contributed by atoms with E-state index in [-0.39, 0.29) is 24.8 Å². The van der Waals surface area contributed by atoms with Crippen LogP contribution in [-0.2, 0) is 19.3 Å².